The van der Waals surface area contributed by atoms with E-state index < -0.39 is 5.92 Å². The van der Waals surface area contributed by atoms with Crippen LogP contribution in [-0.2, 0) is 0 Å². The predicted octanol–water partition coefficient (Wildman–Crippen LogP) is 3.60. The second-order valence-corrected chi connectivity index (χ2v) is 6.15. The fourth-order valence-corrected chi connectivity index (χ4v) is 3.24. The van der Waals surface area contributed by atoms with Crippen LogP contribution in [0.3, 0.4) is 0 Å². The summed E-state index contributed by atoms with van der Waals surface area (Å²) in [6.07, 6.45) is 0. The largest absolute Gasteiger partial charge is 0.494 e. The molecule has 1 atom stereocenters. The summed E-state index contributed by atoms with van der Waals surface area (Å²) in [6.45, 7) is 4.39. The Kier molecular flexibility index (Phi) is 4.09. The number of nitriles is 1. The SMILES string of the molecule is CCOc1ccc(-c2[nH]nc3c2[C@@H](c2ccc(C)o2)C(C#N)=C(N)O3)cc1. The highest BCUT2D eigenvalue weighted by Crippen LogP contribution is 2.46. The zero-order valence-electron chi connectivity index (χ0n) is 14.9. The number of nitrogens with zero attached hydrogens (tertiary/aromatic N) is 2. The summed E-state index contributed by atoms with van der Waals surface area (Å²) in [5.41, 5.74) is 8.61. The zero-order chi connectivity index (χ0) is 19.0. The van der Waals surface area contributed by atoms with E-state index in [4.69, 9.17) is 19.6 Å². The van der Waals surface area contributed by atoms with Crippen LogP contribution in [0.2, 0.25) is 0 Å². The number of hydrogen-bond donors (Lipinski definition) is 2. The highest BCUT2D eigenvalue weighted by Gasteiger charge is 2.37. The number of H-pyrrole nitrogens is 1. The van der Waals surface area contributed by atoms with Gasteiger partial charge in [-0.3, -0.25) is 5.10 Å². The third kappa shape index (κ3) is 2.81. The van der Waals surface area contributed by atoms with E-state index in [9.17, 15) is 5.26 Å². The first-order valence-corrected chi connectivity index (χ1v) is 8.57. The monoisotopic (exact) mass is 362 g/mol. The Morgan fingerprint density at radius 2 is 2.04 bits per heavy atom. The number of hydrogen-bond acceptors (Lipinski definition) is 6. The summed E-state index contributed by atoms with van der Waals surface area (Å²) < 4.78 is 16.9. The van der Waals surface area contributed by atoms with Crippen molar-refractivity contribution in [3.8, 4) is 29.0 Å². The van der Waals surface area contributed by atoms with Crippen LogP contribution >= 0.6 is 0 Å². The number of ether oxygens (including phenoxy) is 2. The Bertz CT molecular complexity index is 1050. The second kappa shape index (κ2) is 6.57. The van der Waals surface area contributed by atoms with Crippen LogP contribution in [0.5, 0.6) is 11.6 Å². The van der Waals surface area contributed by atoms with Gasteiger partial charge < -0.3 is 19.6 Å². The number of nitrogens with one attached hydrogen (secondary N) is 1. The summed E-state index contributed by atoms with van der Waals surface area (Å²) in [5.74, 6) is 2.03. The number of allylic oxidation sites excluding steroid dienone is 1. The lowest BCUT2D eigenvalue weighted by Gasteiger charge is -2.22. The Labute approximate surface area is 156 Å². The summed E-state index contributed by atoms with van der Waals surface area (Å²) in [7, 11) is 0. The molecule has 3 N–H and O–H groups in total. The Balaban J connectivity index is 1.85. The van der Waals surface area contributed by atoms with Crippen molar-refractivity contribution in [2.45, 2.75) is 19.8 Å². The molecule has 7 heteroatoms. The molecule has 1 aliphatic rings. The molecule has 1 aromatic carbocycles. The second-order valence-electron chi connectivity index (χ2n) is 6.15. The number of aromatic amines is 1. The Hall–Kier alpha value is -3.66. The quantitative estimate of drug-likeness (QED) is 0.734. The lowest BCUT2D eigenvalue weighted by atomic mass is 9.86. The van der Waals surface area contributed by atoms with Gasteiger partial charge in [0.05, 0.1) is 23.8 Å². The topological polar surface area (TPSA) is 110 Å². The minimum absolute atomic E-state index is 0.0359. The molecule has 0 bridgehead atoms. The lowest BCUT2D eigenvalue weighted by Crippen LogP contribution is -2.20. The van der Waals surface area contributed by atoms with Gasteiger partial charge in [0.2, 0.25) is 11.8 Å². The van der Waals surface area contributed by atoms with E-state index in [0.29, 0.717) is 23.8 Å². The van der Waals surface area contributed by atoms with E-state index >= 15 is 0 Å². The number of nitrogens with two attached hydrogens (primary N) is 1. The molecule has 0 radical (unpaired) electrons. The molecule has 4 rings (SSSR count). The first kappa shape index (κ1) is 16.8. The third-order valence-corrected chi connectivity index (χ3v) is 4.44. The van der Waals surface area contributed by atoms with Gasteiger partial charge in [-0.15, -0.1) is 5.10 Å². The molecule has 0 spiro atoms. The molecular formula is C20H18N4O3. The average molecular weight is 362 g/mol. The molecule has 3 aromatic rings. The number of aryl methyl sites for hydroxylation is 1. The van der Waals surface area contributed by atoms with Gasteiger partial charge in [-0.05, 0) is 50.2 Å². The van der Waals surface area contributed by atoms with Crippen LogP contribution in [-0.4, -0.2) is 16.8 Å². The molecule has 2 aromatic heterocycles. The van der Waals surface area contributed by atoms with E-state index in [1.807, 2.05) is 50.2 Å². The van der Waals surface area contributed by atoms with Crippen LogP contribution < -0.4 is 15.2 Å². The fourth-order valence-electron chi connectivity index (χ4n) is 3.24. The number of aromatic nitrogens is 2. The third-order valence-electron chi connectivity index (χ3n) is 4.44. The molecule has 136 valence electrons. The molecule has 0 unspecified atom stereocenters. The maximum absolute atomic E-state index is 9.66. The van der Waals surface area contributed by atoms with Gasteiger partial charge in [-0.2, -0.15) is 5.26 Å². The smallest absolute Gasteiger partial charge is 0.244 e. The Morgan fingerprint density at radius 1 is 1.26 bits per heavy atom. The summed E-state index contributed by atoms with van der Waals surface area (Å²) in [6, 6.07) is 13.5. The number of furan rings is 1. The molecule has 0 amide bonds. The van der Waals surface area contributed by atoms with Crippen molar-refractivity contribution >= 4 is 0 Å². The van der Waals surface area contributed by atoms with Gasteiger partial charge in [-0.25, -0.2) is 0 Å². The highest BCUT2D eigenvalue weighted by atomic mass is 16.5. The van der Waals surface area contributed by atoms with Gasteiger partial charge in [0.1, 0.15) is 28.9 Å². The molecule has 0 saturated carbocycles. The van der Waals surface area contributed by atoms with Crippen molar-refractivity contribution in [1.82, 2.24) is 10.2 Å². The average Bonchev–Trinajstić information content (AvgIpc) is 3.27. The van der Waals surface area contributed by atoms with Crippen LogP contribution in [0.25, 0.3) is 11.3 Å². The zero-order valence-corrected chi connectivity index (χ0v) is 14.9. The van der Waals surface area contributed by atoms with E-state index in [1.165, 1.54) is 0 Å². The summed E-state index contributed by atoms with van der Waals surface area (Å²) >= 11 is 0. The Morgan fingerprint density at radius 3 is 2.67 bits per heavy atom. The van der Waals surface area contributed by atoms with Crippen molar-refractivity contribution in [2.75, 3.05) is 6.61 Å². The first-order chi connectivity index (χ1) is 13.1. The number of benzene rings is 1. The van der Waals surface area contributed by atoms with Gasteiger partial charge in [0.25, 0.3) is 0 Å². The summed E-state index contributed by atoms with van der Waals surface area (Å²) in [5, 5.41) is 16.9. The van der Waals surface area contributed by atoms with Gasteiger partial charge >= 0.3 is 0 Å². The van der Waals surface area contributed by atoms with Gasteiger partial charge in [-0.1, -0.05) is 0 Å². The molecule has 27 heavy (non-hydrogen) atoms. The standard InChI is InChI=1S/C20H18N4O3/c1-3-25-13-7-5-12(6-8-13)18-17-16(15-9-4-11(2)26-15)14(10-21)19(22)27-20(17)24-23-18/h4-9,16H,3,22H2,1-2H3,(H,23,24)/t16-/m1/s1. The van der Waals surface area contributed by atoms with E-state index in [0.717, 1.165) is 28.3 Å². The van der Waals surface area contributed by atoms with Gasteiger partial charge in [0.15, 0.2) is 0 Å². The van der Waals surface area contributed by atoms with Crippen molar-refractivity contribution in [2.24, 2.45) is 5.73 Å². The molecule has 7 nitrogen and oxygen atoms in total. The predicted molar refractivity (Wildman–Crippen MR) is 97.9 cm³/mol. The number of fused-ring (bicyclic) bond motifs is 1. The highest BCUT2D eigenvalue weighted by molar-refractivity contribution is 5.70. The van der Waals surface area contributed by atoms with Crippen molar-refractivity contribution in [3.63, 3.8) is 0 Å². The normalized spacial score (nSPS) is 15.8. The van der Waals surface area contributed by atoms with E-state index in [1.54, 1.807) is 0 Å². The molecule has 1 aliphatic heterocycles. The van der Waals surface area contributed by atoms with Crippen molar-refractivity contribution in [3.05, 3.63) is 64.9 Å². The maximum Gasteiger partial charge on any atom is 0.244 e. The fraction of sp³-hybridized carbons (Fsp3) is 0.200. The molecule has 0 aliphatic carbocycles. The van der Waals surface area contributed by atoms with Crippen LogP contribution in [0.15, 0.2) is 52.3 Å². The molecule has 3 heterocycles. The minimum Gasteiger partial charge on any atom is -0.494 e. The minimum atomic E-state index is -0.493. The molecular weight excluding hydrogens is 344 g/mol. The van der Waals surface area contributed by atoms with Gasteiger partial charge in [0, 0.05) is 5.56 Å². The number of rotatable bonds is 4. The lowest BCUT2D eigenvalue weighted by molar-refractivity contribution is 0.340. The van der Waals surface area contributed by atoms with Crippen molar-refractivity contribution in [1.29, 1.82) is 5.26 Å². The maximum atomic E-state index is 9.66. The molecule has 0 fully saturated rings. The summed E-state index contributed by atoms with van der Waals surface area (Å²) in [4.78, 5) is 0. The van der Waals surface area contributed by atoms with Crippen LogP contribution in [0, 0.1) is 18.3 Å². The molecule has 0 saturated heterocycles. The van der Waals surface area contributed by atoms with Crippen LogP contribution in [0.1, 0.15) is 29.9 Å². The van der Waals surface area contributed by atoms with Crippen LogP contribution in [0.4, 0.5) is 0 Å². The van der Waals surface area contributed by atoms with E-state index in [-0.39, 0.29) is 5.88 Å². The van der Waals surface area contributed by atoms with Crippen molar-refractivity contribution < 1.29 is 13.9 Å². The van der Waals surface area contributed by atoms with E-state index in [2.05, 4.69) is 16.3 Å². The first-order valence-electron chi connectivity index (χ1n) is 8.57.